The summed E-state index contributed by atoms with van der Waals surface area (Å²) in [5, 5.41) is 5.21. The molecule has 0 fully saturated rings. The van der Waals surface area contributed by atoms with Gasteiger partial charge in [-0.1, -0.05) is 44.2 Å². The van der Waals surface area contributed by atoms with E-state index in [0.717, 1.165) is 5.56 Å². The SMILES string of the molecule is CC(C)CC(NC(=O)OC(C)(C)C)C(=O)NC(CCOCc1ccccc1)C(N)=O. The van der Waals surface area contributed by atoms with Crippen LogP contribution < -0.4 is 16.4 Å². The molecule has 0 spiro atoms. The van der Waals surface area contributed by atoms with Gasteiger partial charge in [0.05, 0.1) is 6.61 Å². The van der Waals surface area contributed by atoms with Gasteiger partial charge >= 0.3 is 6.09 Å². The van der Waals surface area contributed by atoms with Crippen molar-refractivity contribution in [3.05, 3.63) is 35.9 Å². The first-order valence-corrected chi connectivity index (χ1v) is 10.2. The Labute approximate surface area is 178 Å². The molecule has 2 unspecified atom stereocenters. The summed E-state index contributed by atoms with van der Waals surface area (Å²) < 4.78 is 10.8. The average Bonchev–Trinajstić information content (AvgIpc) is 2.62. The highest BCUT2D eigenvalue weighted by atomic mass is 16.6. The highest BCUT2D eigenvalue weighted by Gasteiger charge is 2.28. The number of alkyl carbamates (subject to hydrolysis) is 1. The molecule has 0 aliphatic rings. The number of amides is 3. The number of nitrogens with one attached hydrogen (secondary N) is 2. The molecule has 0 aromatic heterocycles. The predicted octanol–water partition coefficient (Wildman–Crippen LogP) is 2.50. The number of carbonyl (C=O) groups is 3. The maximum absolute atomic E-state index is 12.7. The van der Waals surface area contributed by atoms with Crippen LogP contribution in [0.5, 0.6) is 0 Å². The van der Waals surface area contributed by atoms with E-state index >= 15 is 0 Å². The summed E-state index contributed by atoms with van der Waals surface area (Å²) in [5.41, 5.74) is 5.77. The van der Waals surface area contributed by atoms with Crippen LogP contribution in [0.4, 0.5) is 4.79 Å². The number of nitrogens with two attached hydrogens (primary N) is 1. The molecule has 30 heavy (non-hydrogen) atoms. The molecule has 0 heterocycles. The second kappa shape index (κ2) is 12.2. The summed E-state index contributed by atoms with van der Waals surface area (Å²) in [7, 11) is 0. The molecule has 0 saturated heterocycles. The Kier molecular flexibility index (Phi) is 10.3. The van der Waals surface area contributed by atoms with Crippen molar-refractivity contribution in [3.63, 3.8) is 0 Å². The lowest BCUT2D eigenvalue weighted by molar-refractivity contribution is -0.129. The molecule has 0 aliphatic carbocycles. The van der Waals surface area contributed by atoms with E-state index in [4.69, 9.17) is 15.2 Å². The molecule has 0 bridgehead atoms. The molecule has 0 radical (unpaired) electrons. The van der Waals surface area contributed by atoms with Gasteiger partial charge in [0.1, 0.15) is 17.7 Å². The summed E-state index contributed by atoms with van der Waals surface area (Å²) in [6.07, 6.45) is -0.0689. The minimum atomic E-state index is -0.900. The van der Waals surface area contributed by atoms with Crippen LogP contribution in [0.25, 0.3) is 0 Å². The summed E-state index contributed by atoms with van der Waals surface area (Å²) in [5.74, 6) is -1.01. The van der Waals surface area contributed by atoms with Crippen LogP contribution in [0.1, 0.15) is 53.0 Å². The Bertz CT molecular complexity index is 686. The lowest BCUT2D eigenvalue weighted by Gasteiger charge is -2.25. The topological polar surface area (TPSA) is 120 Å². The van der Waals surface area contributed by atoms with Crippen molar-refractivity contribution < 1.29 is 23.9 Å². The van der Waals surface area contributed by atoms with Crippen LogP contribution in [0.2, 0.25) is 0 Å². The van der Waals surface area contributed by atoms with Crippen molar-refractivity contribution in [2.24, 2.45) is 11.7 Å². The number of carbonyl (C=O) groups excluding carboxylic acids is 3. The average molecular weight is 422 g/mol. The standard InChI is InChI=1S/C22H35N3O5/c1-15(2)13-18(25-21(28)30-22(3,4)5)20(27)24-17(19(23)26)11-12-29-14-16-9-7-6-8-10-16/h6-10,15,17-18H,11-14H2,1-5H3,(H2,23,26)(H,24,27)(H,25,28). The zero-order chi connectivity index (χ0) is 22.7. The molecule has 8 nitrogen and oxygen atoms in total. The quantitative estimate of drug-likeness (QED) is 0.474. The highest BCUT2D eigenvalue weighted by molar-refractivity contribution is 5.90. The number of benzene rings is 1. The van der Waals surface area contributed by atoms with Gasteiger partial charge in [0.25, 0.3) is 0 Å². The number of hydrogen-bond acceptors (Lipinski definition) is 5. The van der Waals surface area contributed by atoms with E-state index in [1.807, 2.05) is 44.2 Å². The van der Waals surface area contributed by atoms with Crippen LogP contribution in [0, 0.1) is 5.92 Å². The number of rotatable bonds is 11. The van der Waals surface area contributed by atoms with E-state index in [9.17, 15) is 14.4 Å². The maximum Gasteiger partial charge on any atom is 0.408 e. The third kappa shape index (κ3) is 10.8. The fourth-order valence-electron chi connectivity index (χ4n) is 2.68. The third-order valence-electron chi connectivity index (χ3n) is 4.04. The van der Waals surface area contributed by atoms with E-state index in [1.165, 1.54) is 0 Å². The second-order valence-electron chi connectivity index (χ2n) is 8.62. The molecule has 0 saturated carbocycles. The Morgan fingerprint density at radius 2 is 1.67 bits per heavy atom. The molecule has 1 aromatic carbocycles. The lowest BCUT2D eigenvalue weighted by Crippen LogP contribution is -2.54. The summed E-state index contributed by atoms with van der Waals surface area (Å²) >= 11 is 0. The van der Waals surface area contributed by atoms with E-state index < -0.39 is 35.6 Å². The molecule has 3 amide bonds. The minimum Gasteiger partial charge on any atom is -0.444 e. The van der Waals surface area contributed by atoms with Crippen molar-refractivity contribution in [1.82, 2.24) is 10.6 Å². The molecule has 0 aliphatic heterocycles. The van der Waals surface area contributed by atoms with Gasteiger partial charge in [0, 0.05) is 6.61 Å². The second-order valence-corrected chi connectivity index (χ2v) is 8.62. The number of hydrogen-bond donors (Lipinski definition) is 3. The molecule has 4 N–H and O–H groups in total. The zero-order valence-electron chi connectivity index (χ0n) is 18.6. The minimum absolute atomic E-state index is 0.136. The molecule has 2 atom stereocenters. The molecule has 168 valence electrons. The van der Waals surface area contributed by atoms with Crippen molar-refractivity contribution in [2.75, 3.05) is 6.61 Å². The Hall–Kier alpha value is -2.61. The molecular formula is C22H35N3O5. The van der Waals surface area contributed by atoms with Gasteiger partial charge in [0.2, 0.25) is 11.8 Å². The molecule has 8 heteroatoms. The Morgan fingerprint density at radius 1 is 1.03 bits per heavy atom. The van der Waals surface area contributed by atoms with Crippen LogP contribution in [-0.2, 0) is 25.7 Å². The Balaban J connectivity index is 2.62. The van der Waals surface area contributed by atoms with E-state index in [-0.39, 0.29) is 18.9 Å². The van der Waals surface area contributed by atoms with Crippen LogP contribution in [0.3, 0.4) is 0 Å². The smallest absolute Gasteiger partial charge is 0.408 e. The number of ether oxygens (including phenoxy) is 2. The third-order valence-corrected chi connectivity index (χ3v) is 4.04. The van der Waals surface area contributed by atoms with Crippen molar-refractivity contribution in [2.45, 2.75) is 71.8 Å². The zero-order valence-corrected chi connectivity index (χ0v) is 18.6. The summed E-state index contributed by atoms with van der Waals surface area (Å²) in [4.78, 5) is 36.6. The van der Waals surface area contributed by atoms with Gasteiger partial charge in [-0.2, -0.15) is 0 Å². The van der Waals surface area contributed by atoms with Crippen LogP contribution >= 0.6 is 0 Å². The van der Waals surface area contributed by atoms with Crippen LogP contribution in [-0.4, -0.2) is 42.2 Å². The lowest BCUT2D eigenvalue weighted by atomic mass is 10.0. The highest BCUT2D eigenvalue weighted by Crippen LogP contribution is 2.10. The first kappa shape index (κ1) is 25.4. The fraction of sp³-hybridized carbons (Fsp3) is 0.591. The van der Waals surface area contributed by atoms with E-state index in [0.29, 0.717) is 13.0 Å². The van der Waals surface area contributed by atoms with Crippen molar-refractivity contribution >= 4 is 17.9 Å². The van der Waals surface area contributed by atoms with Gasteiger partial charge in [0.15, 0.2) is 0 Å². The van der Waals surface area contributed by atoms with Crippen LogP contribution in [0.15, 0.2) is 30.3 Å². The van der Waals surface area contributed by atoms with Gasteiger partial charge in [-0.25, -0.2) is 4.79 Å². The van der Waals surface area contributed by atoms with Crippen molar-refractivity contribution in [3.8, 4) is 0 Å². The Morgan fingerprint density at radius 3 is 2.20 bits per heavy atom. The monoisotopic (exact) mass is 421 g/mol. The van der Waals surface area contributed by atoms with E-state index in [1.54, 1.807) is 20.8 Å². The summed E-state index contributed by atoms with van der Waals surface area (Å²) in [6.45, 7) is 9.72. The fourth-order valence-corrected chi connectivity index (χ4v) is 2.68. The van der Waals surface area contributed by atoms with Gasteiger partial charge < -0.3 is 25.8 Å². The molecule has 1 rings (SSSR count). The molecular weight excluding hydrogens is 386 g/mol. The molecule has 1 aromatic rings. The summed E-state index contributed by atoms with van der Waals surface area (Å²) in [6, 6.07) is 7.88. The van der Waals surface area contributed by atoms with Crippen molar-refractivity contribution in [1.29, 1.82) is 0 Å². The first-order valence-electron chi connectivity index (χ1n) is 10.2. The first-order chi connectivity index (χ1) is 14.0. The number of primary amides is 1. The van der Waals surface area contributed by atoms with Gasteiger partial charge in [-0.3, -0.25) is 9.59 Å². The largest absolute Gasteiger partial charge is 0.444 e. The maximum atomic E-state index is 12.7. The normalized spacial score (nSPS) is 13.4. The predicted molar refractivity (Wildman–Crippen MR) is 114 cm³/mol. The van der Waals surface area contributed by atoms with Gasteiger partial charge in [-0.15, -0.1) is 0 Å². The van der Waals surface area contributed by atoms with Gasteiger partial charge in [-0.05, 0) is 45.1 Å². The van der Waals surface area contributed by atoms with E-state index in [2.05, 4.69) is 10.6 Å².